The molecule has 0 saturated carbocycles. The highest BCUT2D eigenvalue weighted by Crippen LogP contribution is 2.23. The number of benzene rings is 3. The van der Waals surface area contributed by atoms with E-state index in [2.05, 4.69) is 31.2 Å². The lowest BCUT2D eigenvalue weighted by molar-refractivity contribution is -0.128. The molecule has 0 unspecified atom stereocenters. The lowest BCUT2D eigenvalue weighted by atomic mass is 10.0. The fourth-order valence-electron chi connectivity index (χ4n) is 3.53. The molecule has 7 nitrogen and oxygen atoms in total. The maximum Gasteiger partial charge on any atom is 0.226 e. The Labute approximate surface area is 222 Å². The number of nitrogens with one attached hydrogen (secondary N) is 2. The van der Waals surface area contributed by atoms with Crippen molar-refractivity contribution in [2.75, 3.05) is 6.61 Å². The van der Waals surface area contributed by atoms with Crippen LogP contribution in [0.4, 0.5) is 4.39 Å². The first-order chi connectivity index (χ1) is 17.9. The average Bonchev–Trinajstić information content (AvgIpc) is 3.40. The molecule has 0 aliphatic heterocycles. The number of ether oxygens (including phenoxy) is 2. The molecule has 3 aromatic carbocycles. The van der Waals surface area contributed by atoms with Crippen LogP contribution in [0.25, 0.3) is 0 Å². The van der Waals surface area contributed by atoms with Crippen molar-refractivity contribution in [1.82, 2.24) is 15.3 Å². The quantitative estimate of drug-likeness (QED) is 0.247. The van der Waals surface area contributed by atoms with E-state index in [4.69, 9.17) is 9.47 Å². The second-order valence-corrected chi connectivity index (χ2v) is 9.27. The van der Waals surface area contributed by atoms with Crippen molar-refractivity contribution in [2.45, 2.75) is 25.5 Å². The molecule has 4 aromatic rings. The highest BCUT2D eigenvalue weighted by Gasteiger charge is 2.22. The molecular formula is C28H25BrFN3O4. The molecule has 0 fully saturated rings. The summed E-state index contributed by atoms with van der Waals surface area (Å²) in [6.07, 6.45) is 3.21. The summed E-state index contributed by atoms with van der Waals surface area (Å²) >= 11 is 3.39. The Balaban J connectivity index is 1.37. The minimum Gasteiger partial charge on any atom is -0.457 e. The van der Waals surface area contributed by atoms with Crippen LogP contribution in [-0.4, -0.2) is 34.3 Å². The molecule has 1 amide bonds. The lowest BCUT2D eigenvalue weighted by Crippen LogP contribution is -2.45. The van der Waals surface area contributed by atoms with Crippen molar-refractivity contribution in [3.63, 3.8) is 0 Å². The summed E-state index contributed by atoms with van der Waals surface area (Å²) in [5.74, 6) is 0.483. The van der Waals surface area contributed by atoms with Crippen LogP contribution in [-0.2, 0) is 33.8 Å². The number of Topliss-reactive ketones (excluding diaryl/α,β-unsaturated/α-hetero) is 1. The summed E-state index contributed by atoms with van der Waals surface area (Å²) in [6.45, 7) is 0.165. The zero-order chi connectivity index (χ0) is 26.0. The van der Waals surface area contributed by atoms with Gasteiger partial charge in [-0.2, -0.15) is 0 Å². The van der Waals surface area contributed by atoms with E-state index in [1.54, 1.807) is 30.5 Å². The van der Waals surface area contributed by atoms with Crippen molar-refractivity contribution >= 4 is 27.6 Å². The van der Waals surface area contributed by atoms with Crippen LogP contribution in [0.15, 0.2) is 89.8 Å². The van der Waals surface area contributed by atoms with E-state index in [1.807, 2.05) is 36.4 Å². The first-order valence-electron chi connectivity index (χ1n) is 11.6. The van der Waals surface area contributed by atoms with Gasteiger partial charge >= 0.3 is 0 Å². The number of aromatic amines is 1. The molecule has 2 N–H and O–H groups in total. The van der Waals surface area contributed by atoms with E-state index in [0.29, 0.717) is 17.2 Å². The smallest absolute Gasteiger partial charge is 0.226 e. The largest absolute Gasteiger partial charge is 0.457 e. The molecular weight excluding hydrogens is 541 g/mol. The van der Waals surface area contributed by atoms with E-state index >= 15 is 0 Å². The third-order valence-electron chi connectivity index (χ3n) is 5.45. The molecule has 9 heteroatoms. The number of imidazole rings is 1. The zero-order valence-corrected chi connectivity index (χ0v) is 21.4. The number of carbonyl (C=O) groups is 2. The first kappa shape index (κ1) is 26.2. The third kappa shape index (κ3) is 8.37. The Morgan fingerprint density at radius 2 is 1.57 bits per heavy atom. The molecule has 4 rings (SSSR count). The van der Waals surface area contributed by atoms with Crippen LogP contribution in [0.3, 0.4) is 0 Å². The molecule has 1 atom stereocenters. The number of carbonyl (C=O) groups excluding carboxylic acids is 2. The summed E-state index contributed by atoms with van der Waals surface area (Å²) < 4.78 is 25.6. The third-order valence-corrected chi connectivity index (χ3v) is 5.98. The van der Waals surface area contributed by atoms with Crippen molar-refractivity contribution in [3.05, 3.63) is 112 Å². The summed E-state index contributed by atoms with van der Waals surface area (Å²) in [7, 11) is 0. The Morgan fingerprint density at radius 3 is 2.22 bits per heavy atom. The predicted octanol–water partition coefficient (Wildman–Crippen LogP) is 5.16. The van der Waals surface area contributed by atoms with Gasteiger partial charge in [0.15, 0.2) is 5.78 Å². The van der Waals surface area contributed by atoms with Gasteiger partial charge in [0.1, 0.15) is 23.4 Å². The normalized spacial score (nSPS) is 11.6. The van der Waals surface area contributed by atoms with Gasteiger partial charge < -0.3 is 19.8 Å². The number of halogens is 2. The fourth-order valence-corrected chi connectivity index (χ4v) is 3.79. The van der Waals surface area contributed by atoms with Crippen molar-refractivity contribution in [2.24, 2.45) is 0 Å². The van der Waals surface area contributed by atoms with Crippen molar-refractivity contribution in [1.29, 1.82) is 0 Å². The van der Waals surface area contributed by atoms with Crippen LogP contribution in [0.5, 0.6) is 11.5 Å². The molecule has 0 saturated heterocycles. The van der Waals surface area contributed by atoms with Gasteiger partial charge in [-0.15, -0.1) is 0 Å². The Hall–Kier alpha value is -3.82. The highest BCUT2D eigenvalue weighted by atomic mass is 79.9. The first-order valence-corrected chi connectivity index (χ1v) is 12.4. The van der Waals surface area contributed by atoms with Gasteiger partial charge in [-0.05, 0) is 59.7 Å². The maximum absolute atomic E-state index is 13.1. The molecule has 0 spiro atoms. The number of nitrogens with zero attached hydrogens (tertiary/aromatic N) is 1. The molecule has 1 aromatic heterocycles. The molecule has 190 valence electrons. The number of aromatic nitrogens is 2. The van der Waals surface area contributed by atoms with Crippen LogP contribution >= 0.6 is 15.9 Å². The van der Waals surface area contributed by atoms with E-state index < -0.39 is 6.04 Å². The summed E-state index contributed by atoms with van der Waals surface area (Å²) in [5, 5.41) is 2.77. The maximum atomic E-state index is 13.1. The summed E-state index contributed by atoms with van der Waals surface area (Å²) in [5.41, 5.74) is 2.18. The molecule has 1 heterocycles. The average molecular weight is 566 g/mol. The number of rotatable bonds is 12. The minimum atomic E-state index is -0.852. The number of amides is 1. The second-order valence-electron chi connectivity index (χ2n) is 8.36. The molecule has 0 radical (unpaired) electrons. The Kier molecular flexibility index (Phi) is 9.18. The SMILES string of the molecule is O=C(Cc1cnc[nH]1)N[C@@H](COCc1ccc(F)cc1)C(=O)Cc1ccc(Oc2ccc(Br)cc2)cc1. The molecule has 37 heavy (non-hydrogen) atoms. The van der Waals surface area contributed by atoms with Crippen LogP contribution in [0.1, 0.15) is 16.8 Å². The lowest BCUT2D eigenvalue weighted by Gasteiger charge is -2.18. The minimum absolute atomic E-state index is 0.0182. The van der Waals surface area contributed by atoms with E-state index in [9.17, 15) is 14.0 Å². The standard InChI is InChI=1S/C28H25BrFN3O4/c29-21-5-11-25(12-6-21)37-24-9-3-19(4-10-24)13-27(34)26(33-28(35)14-23-15-31-18-32-23)17-36-16-20-1-7-22(30)8-2-20/h1-12,15,18,26H,13-14,16-17H2,(H,31,32)(H,33,35)/t26-/m0/s1. The number of hydrogen-bond donors (Lipinski definition) is 2. The zero-order valence-electron chi connectivity index (χ0n) is 19.8. The Morgan fingerprint density at radius 1 is 0.919 bits per heavy atom. The summed E-state index contributed by atoms with van der Waals surface area (Å²) in [6, 6.07) is 19.8. The van der Waals surface area contributed by atoms with Gasteiger partial charge in [0.25, 0.3) is 0 Å². The van der Waals surface area contributed by atoms with Gasteiger partial charge in [-0.1, -0.05) is 40.2 Å². The predicted molar refractivity (Wildman–Crippen MR) is 140 cm³/mol. The van der Waals surface area contributed by atoms with Crippen LogP contribution < -0.4 is 10.1 Å². The van der Waals surface area contributed by atoms with Gasteiger partial charge in [0, 0.05) is 22.8 Å². The van der Waals surface area contributed by atoms with Gasteiger partial charge in [-0.25, -0.2) is 9.37 Å². The molecule has 0 bridgehead atoms. The topological polar surface area (TPSA) is 93.3 Å². The number of hydrogen-bond acceptors (Lipinski definition) is 5. The van der Waals surface area contributed by atoms with Crippen molar-refractivity contribution < 1.29 is 23.5 Å². The molecule has 0 aliphatic carbocycles. The van der Waals surface area contributed by atoms with Gasteiger partial charge in [-0.3, -0.25) is 9.59 Å². The molecule has 0 aliphatic rings. The number of ketones is 1. The summed E-state index contributed by atoms with van der Waals surface area (Å²) in [4.78, 5) is 32.5. The van der Waals surface area contributed by atoms with E-state index in [-0.39, 0.29) is 43.6 Å². The van der Waals surface area contributed by atoms with E-state index in [1.165, 1.54) is 18.5 Å². The van der Waals surface area contributed by atoms with Gasteiger partial charge in [0.2, 0.25) is 5.91 Å². The highest BCUT2D eigenvalue weighted by molar-refractivity contribution is 9.10. The fraction of sp³-hybridized carbons (Fsp3) is 0.179. The van der Waals surface area contributed by atoms with E-state index in [0.717, 1.165) is 15.6 Å². The second kappa shape index (κ2) is 12.9. The number of H-pyrrole nitrogens is 1. The monoisotopic (exact) mass is 565 g/mol. The van der Waals surface area contributed by atoms with Gasteiger partial charge in [0.05, 0.1) is 26.0 Å². The Bertz CT molecular complexity index is 1300. The van der Waals surface area contributed by atoms with Crippen LogP contribution in [0.2, 0.25) is 0 Å². The van der Waals surface area contributed by atoms with Crippen molar-refractivity contribution in [3.8, 4) is 11.5 Å². The van der Waals surface area contributed by atoms with Crippen LogP contribution in [0, 0.1) is 5.82 Å².